The van der Waals surface area contributed by atoms with Crippen LogP contribution in [0.15, 0.2) is 32.5 Å². The smallest absolute Gasteiger partial charge is 0.352 e. The van der Waals surface area contributed by atoms with Crippen LogP contribution in [0, 0.1) is 0 Å². The number of nitrogens with one attached hydrogen (secondary N) is 1. The number of aromatic nitrogens is 3. The summed E-state index contributed by atoms with van der Waals surface area (Å²) in [6.45, 7) is 0. The number of thiazole rings is 1. The standard InChI is InChI=1S/C15H13N7O5S4/c16-14-19-6(3-29-14)7(21-27)10(23)20-8-11(24)22-9(13(25)26)5(1-28-12(8)22)2-30-15-17-4-18-31-15/h3-4,8,12,27H,1-2H2,(H2,16,19)(H,20,23)(H,25,26)/t8?,12-/m0/s1. The van der Waals surface area contributed by atoms with Gasteiger partial charge in [-0.15, -0.1) is 23.1 Å². The molecule has 2 aromatic heterocycles. The maximum absolute atomic E-state index is 12.7. The van der Waals surface area contributed by atoms with Gasteiger partial charge in [0, 0.05) is 16.9 Å². The van der Waals surface area contributed by atoms with Gasteiger partial charge in [0.2, 0.25) is 0 Å². The molecule has 2 aromatic rings. The minimum absolute atomic E-state index is 0.0736. The Morgan fingerprint density at radius 1 is 1.45 bits per heavy atom. The van der Waals surface area contributed by atoms with Gasteiger partial charge in [-0.2, -0.15) is 4.37 Å². The van der Waals surface area contributed by atoms with Crippen molar-refractivity contribution < 1.29 is 24.7 Å². The summed E-state index contributed by atoms with van der Waals surface area (Å²) in [6, 6.07) is -0.961. The SMILES string of the molecule is Nc1nc(C(=NO)C(=O)NC2C(=O)N3C(C(=O)O)=C(CSc4ncns4)CS[C@@H]23)cs1. The molecule has 162 valence electrons. The van der Waals surface area contributed by atoms with E-state index in [1.807, 2.05) is 0 Å². The molecule has 2 atom stereocenters. The molecule has 1 unspecified atom stereocenters. The molecule has 1 fully saturated rings. The summed E-state index contributed by atoms with van der Waals surface area (Å²) in [4.78, 5) is 46.2. The Bertz CT molecular complexity index is 1100. The quantitative estimate of drug-likeness (QED) is 0.135. The Morgan fingerprint density at radius 3 is 2.87 bits per heavy atom. The molecule has 0 radical (unpaired) electrons. The molecule has 1 saturated heterocycles. The van der Waals surface area contributed by atoms with Crippen LogP contribution in [-0.4, -0.2) is 76.0 Å². The summed E-state index contributed by atoms with van der Waals surface area (Å²) >= 11 is 4.95. The minimum atomic E-state index is -1.22. The average molecular weight is 500 g/mol. The second-order valence-electron chi connectivity index (χ2n) is 6.13. The number of aliphatic carboxylic acids is 1. The molecule has 0 aliphatic carbocycles. The third-order valence-electron chi connectivity index (χ3n) is 4.33. The van der Waals surface area contributed by atoms with Crippen LogP contribution < -0.4 is 11.1 Å². The average Bonchev–Trinajstić information content (AvgIpc) is 3.42. The molecule has 4 heterocycles. The molecular formula is C15H13N7O5S4. The summed E-state index contributed by atoms with van der Waals surface area (Å²) in [5, 5.41) is 25.4. The number of hydrogen-bond donors (Lipinski definition) is 4. The number of anilines is 1. The van der Waals surface area contributed by atoms with E-state index < -0.39 is 29.2 Å². The number of fused-ring (bicyclic) bond motifs is 1. The fraction of sp³-hybridized carbons (Fsp3) is 0.267. The van der Waals surface area contributed by atoms with Crippen LogP contribution in [0.4, 0.5) is 5.13 Å². The highest BCUT2D eigenvalue weighted by Crippen LogP contribution is 2.41. The summed E-state index contributed by atoms with van der Waals surface area (Å²) in [5.74, 6) is -1.87. The third-order valence-corrected chi connectivity index (χ3v) is 8.22. The Balaban J connectivity index is 1.48. The van der Waals surface area contributed by atoms with Crippen molar-refractivity contribution in [3.63, 3.8) is 0 Å². The number of carbonyl (C=O) groups excluding carboxylic acids is 2. The van der Waals surface area contributed by atoms with Crippen LogP contribution >= 0.6 is 46.4 Å². The zero-order valence-electron chi connectivity index (χ0n) is 15.3. The van der Waals surface area contributed by atoms with E-state index in [2.05, 4.69) is 24.8 Å². The van der Waals surface area contributed by atoms with Gasteiger partial charge in [-0.05, 0) is 17.1 Å². The second kappa shape index (κ2) is 8.81. The first-order valence-electron chi connectivity index (χ1n) is 8.44. The van der Waals surface area contributed by atoms with E-state index in [0.717, 1.165) is 11.3 Å². The number of nitrogen functional groups attached to an aromatic ring is 1. The molecule has 5 N–H and O–H groups in total. The molecule has 12 nitrogen and oxygen atoms in total. The Morgan fingerprint density at radius 2 is 2.26 bits per heavy atom. The molecule has 31 heavy (non-hydrogen) atoms. The third kappa shape index (κ3) is 4.10. The van der Waals surface area contributed by atoms with Crippen molar-refractivity contribution in [2.45, 2.75) is 15.8 Å². The van der Waals surface area contributed by atoms with Crippen LogP contribution in [0.2, 0.25) is 0 Å². The minimum Gasteiger partial charge on any atom is -0.477 e. The highest BCUT2D eigenvalue weighted by Gasteiger charge is 2.54. The van der Waals surface area contributed by atoms with E-state index in [1.165, 1.54) is 51.7 Å². The number of carboxylic acid groups (broad SMARTS) is 1. The topological polar surface area (TPSA) is 184 Å². The summed E-state index contributed by atoms with van der Waals surface area (Å²) < 4.78 is 4.60. The lowest BCUT2D eigenvalue weighted by Gasteiger charge is -2.49. The van der Waals surface area contributed by atoms with Gasteiger partial charge < -0.3 is 21.4 Å². The highest BCUT2D eigenvalue weighted by molar-refractivity contribution is 8.01. The van der Waals surface area contributed by atoms with E-state index in [4.69, 9.17) is 5.73 Å². The van der Waals surface area contributed by atoms with E-state index in [-0.39, 0.29) is 22.2 Å². The van der Waals surface area contributed by atoms with Gasteiger partial charge in [0.05, 0.1) is 0 Å². The first kappa shape index (κ1) is 21.5. The zero-order chi connectivity index (χ0) is 22.1. The molecule has 0 spiro atoms. The van der Waals surface area contributed by atoms with Gasteiger partial charge in [-0.1, -0.05) is 16.9 Å². The number of carboxylic acids is 1. The molecule has 0 aromatic carbocycles. The zero-order valence-corrected chi connectivity index (χ0v) is 18.6. The number of carbonyl (C=O) groups is 3. The molecule has 0 saturated carbocycles. The number of β-lactam (4-membered cyclic amide) rings is 1. The fourth-order valence-electron chi connectivity index (χ4n) is 2.99. The maximum atomic E-state index is 12.7. The second-order valence-corrected chi connectivity index (χ2v) is 10.1. The van der Waals surface area contributed by atoms with Gasteiger partial charge in [0.15, 0.2) is 15.2 Å². The predicted octanol–water partition coefficient (Wildman–Crippen LogP) is 0.286. The normalized spacial score (nSPS) is 21.0. The fourth-order valence-corrected chi connectivity index (χ4v) is 6.47. The molecule has 16 heteroatoms. The molecular weight excluding hydrogens is 486 g/mol. The van der Waals surface area contributed by atoms with Crippen molar-refractivity contribution in [3.05, 3.63) is 28.7 Å². The van der Waals surface area contributed by atoms with Crippen molar-refractivity contribution in [2.75, 3.05) is 17.2 Å². The van der Waals surface area contributed by atoms with Crippen LogP contribution in [0.1, 0.15) is 5.69 Å². The van der Waals surface area contributed by atoms with Crippen LogP contribution in [0.25, 0.3) is 0 Å². The number of nitrogens with zero attached hydrogens (tertiary/aromatic N) is 5. The van der Waals surface area contributed by atoms with E-state index in [0.29, 0.717) is 21.4 Å². The van der Waals surface area contributed by atoms with Crippen LogP contribution in [0.5, 0.6) is 0 Å². The van der Waals surface area contributed by atoms with Crippen molar-refractivity contribution >= 4 is 75.0 Å². The number of nitrogens with two attached hydrogens (primary N) is 1. The lowest BCUT2D eigenvalue weighted by Crippen LogP contribution is -2.71. The molecule has 2 amide bonds. The van der Waals surface area contributed by atoms with E-state index in [9.17, 15) is 24.7 Å². The Hall–Kier alpha value is -2.69. The number of hydrogen-bond acceptors (Lipinski definition) is 13. The molecule has 2 aliphatic heterocycles. The van der Waals surface area contributed by atoms with Crippen LogP contribution in [-0.2, 0) is 14.4 Å². The monoisotopic (exact) mass is 499 g/mol. The van der Waals surface area contributed by atoms with Crippen molar-refractivity contribution in [1.82, 2.24) is 24.6 Å². The van der Waals surface area contributed by atoms with Gasteiger partial charge in [0.25, 0.3) is 11.8 Å². The Labute approximate surface area is 190 Å². The van der Waals surface area contributed by atoms with Gasteiger partial charge in [-0.3, -0.25) is 14.5 Å². The largest absolute Gasteiger partial charge is 0.477 e. The first-order valence-corrected chi connectivity index (χ1v) is 12.1. The number of oxime groups is 1. The van der Waals surface area contributed by atoms with Gasteiger partial charge in [0.1, 0.15) is 29.1 Å². The number of amides is 2. The Kier molecular flexibility index (Phi) is 6.12. The first-order chi connectivity index (χ1) is 14.9. The van der Waals surface area contributed by atoms with Crippen molar-refractivity contribution in [1.29, 1.82) is 0 Å². The van der Waals surface area contributed by atoms with Crippen LogP contribution in [0.3, 0.4) is 0 Å². The van der Waals surface area contributed by atoms with E-state index >= 15 is 0 Å². The summed E-state index contributed by atoms with van der Waals surface area (Å²) in [7, 11) is 0. The highest BCUT2D eigenvalue weighted by atomic mass is 32.2. The molecule has 0 bridgehead atoms. The number of thioether (sulfide) groups is 2. The van der Waals surface area contributed by atoms with Gasteiger partial charge in [-0.25, -0.2) is 14.8 Å². The lowest BCUT2D eigenvalue weighted by molar-refractivity contribution is -0.150. The molecule has 2 aliphatic rings. The lowest BCUT2D eigenvalue weighted by atomic mass is 10.0. The van der Waals surface area contributed by atoms with E-state index in [1.54, 1.807) is 0 Å². The number of rotatable bonds is 7. The predicted molar refractivity (Wildman–Crippen MR) is 115 cm³/mol. The molecule has 4 rings (SSSR count). The van der Waals surface area contributed by atoms with Crippen molar-refractivity contribution in [2.24, 2.45) is 5.16 Å². The maximum Gasteiger partial charge on any atom is 0.352 e. The summed E-state index contributed by atoms with van der Waals surface area (Å²) in [6.07, 6.45) is 1.42. The van der Waals surface area contributed by atoms with Crippen molar-refractivity contribution in [3.8, 4) is 0 Å². The van der Waals surface area contributed by atoms with Gasteiger partial charge >= 0.3 is 5.97 Å². The summed E-state index contributed by atoms with van der Waals surface area (Å²) in [5.41, 5.74) is 5.73.